The number of aromatic carboxylic acids is 1. The van der Waals surface area contributed by atoms with E-state index in [1.165, 1.54) is 17.1 Å². The highest BCUT2D eigenvalue weighted by atomic mass is 16.6. The second-order valence-corrected chi connectivity index (χ2v) is 5.87. The van der Waals surface area contributed by atoms with Crippen LogP contribution in [0.3, 0.4) is 0 Å². The fourth-order valence-electron chi connectivity index (χ4n) is 2.03. The fourth-order valence-corrected chi connectivity index (χ4v) is 2.03. The van der Waals surface area contributed by atoms with Gasteiger partial charge in [-0.1, -0.05) is 0 Å². The van der Waals surface area contributed by atoms with Crippen LogP contribution in [0.2, 0.25) is 0 Å². The Balaban J connectivity index is 2.02. The van der Waals surface area contributed by atoms with Gasteiger partial charge in [0.05, 0.1) is 37.1 Å². The molecule has 1 aliphatic heterocycles. The van der Waals surface area contributed by atoms with E-state index in [-0.39, 0.29) is 17.6 Å². The molecule has 0 spiro atoms. The minimum absolute atomic E-state index is 0.0953. The molecule has 2 atom stereocenters. The fraction of sp³-hybridized carbons (Fsp3) is 0.615. The van der Waals surface area contributed by atoms with Gasteiger partial charge in [0.25, 0.3) is 0 Å². The normalized spacial score (nSPS) is 22.0. The Kier molecular flexibility index (Phi) is 4.17. The van der Waals surface area contributed by atoms with Gasteiger partial charge in [0.1, 0.15) is 5.60 Å². The topological polar surface area (TPSA) is 103 Å². The molecule has 116 valence electrons. The van der Waals surface area contributed by atoms with Crippen LogP contribution in [-0.2, 0) is 9.47 Å². The summed E-state index contributed by atoms with van der Waals surface area (Å²) in [6.45, 7) is 6.01. The lowest BCUT2D eigenvalue weighted by molar-refractivity contribution is 0.0490. The van der Waals surface area contributed by atoms with Crippen molar-refractivity contribution in [3.8, 4) is 0 Å². The maximum atomic E-state index is 11.8. The first-order valence-corrected chi connectivity index (χ1v) is 6.61. The Morgan fingerprint density at radius 3 is 2.76 bits per heavy atom. The van der Waals surface area contributed by atoms with E-state index in [2.05, 4.69) is 10.4 Å². The summed E-state index contributed by atoms with van der Waals surface area (Å²) in [6, 6.07) is -0.577. The molecule has 21 heavy (non-hydrogen) atoms. The largest absolute Gasteiger partial charge is 0.478 e. The Morgan fingerprint density at radius 2 is 2.19 bits per heavy atom. The predicted molar refractivity (Wildman–Crippen MR) is 72.2 cm³/mol. The van der Waals surface area contributed by atoms with Crippen molar-refractivity contribution in [3.63, 3.8) is 0 Å². The summed E-state index contributed by atoms with van der Waals surface area (Å²) in [4.78, 5) is 22.7. The maximum absolute atomic E-state index is 11.8. The molecule has 1 aromatic heterocycles. The molecule has 1 saturated heterocycles. The maximum Gasteiger partial charge on any atom is 0.408 e. The van der Waals surface area contributed by atoms with Crippen LogP contribution in [0.5, 0.6) is 0 Å². The zero-order valence-electron chi connectivity index (χ0n) is 12.2. The van der Waals surface area contributed by atoms with Crippen LogP contribution in [0.4, 0.5) is 4.79 Å². The van der Waals surface area contributed by atoms with E-state index in [9.17, 15) is 9.59 Å². The third-order valence-corrected chi connectivity index (χ3v) is 2.94. The van der Waals surface area contributed by atoms with Crippen molar-refractivity contribution in [1.29, 1.82) is 0 Å². The lowest BCUT2D eigenvalue weighted by Crippen LogP contribution is -2.43. The number of hydrogen-bond acceptors (Lipinski definition) is 5. The first-order valence-electron chi connectivity index (χ1n) is 6.61. The number of nitrogens with one attached hydrogen (secondary N) is 1. The zero-order chi connectivity index (χ0) is 15.6. The standard InChI is InChI=1S/C13H19N3O5/c1-13(2,3)21-12(19)15-9-6-20-7-10(9)16-5-8(4-14-16)11(17)18/h4-5,9-10H,6-7H2,1-3H3,(H,15,19)(H,17,18)/t9-,10+/m1/s1. The van der Waals surface area contributed by atoms with Gasteiger partial charge in [0, 0.05) is 6.20 Å². The molecule has 0 aromatic carbocycles. The second kappa shape index (κ2) is 5.72. The highest BCUT2D eigenvalue weighted by molar-refractivity contribution is 5.86. The summed E-state index contributed by atoms with van der Waals surface area (Å²) in [5.41, 5.74) is -0.487. The highest BCUT2D eigenvalue weighted by Gasteiger charge is 2.33. The minimum Gasteiger partial charge on any atom is -0.478 e. The lowest BCUT2D eigenvalue weighted by atomic mass is 10.2. The van der Waals surface area contributed by atoms with Gasteiger partial charge >= 0.3 is 12.1 Å². The van der Waals surface area contributed by atoms with Crippen molar-refractivity contribution in [2.24, 2.45) is 0 Å². The smallest absolute Gasteiger partial charge is 0.408 e. The van der Waals surface area contributed by atoms with E-state index in [1.807, 2.05) is 0 Å². The molecule has 0 unspecified atom stereocenters. The number of carboxylic acids is 1. The number of hydrogen-bond donors (Lipinski definition) is 2. The average Bonchev–Trinajstić information content (AvgIpc) is 2.93. The zero-order valence-corrected chi connectivity index (χ0v) is 12.2. The molecule has 0 radical (unpaired) electrons. The van der Waals surface area contributed by atoms with Crippen LogP contribution in [-0.4, -0.2) is 51.8 Å². The van der Waals surface area contributed by atoms with Crippen LogP contribution < -0.4 is 5.32 Å². The monoisotopic (exact) mass is 297 g/mol. The summed E-state index contributed by atoms with van der Waals surface area (Å²) < 4.78 is 12.0. The highest BCUT2D eigenvalue weighted by Crippen LogP contribution is 2.20. The van der Waals surface area contributed by atoms with Gasteiger partial charge in [-0.05, 0) is 20.8 Å². The van der Waals surface area contributed by atoms with Gasteiger partial charge in [0.15, 0.2) is 0 Å². The molecule has 2 heterocycles. The number of rotatable bonds is 3. The number of ether oxygens (including phenoxy) is 2. The van der Waals surface area contributed by atoms with E-state index in [0.717, 1.165) is 0 Å². The van der Waals surface area contributed by atoms with E-state index in [0.29, 0.717) is 13.2 Å². The quantitative estimate of drug-likeness (QED) is 0.864. The summed E-state index contributed by atoms with van der Waals surface area (Å²) in [5, 5.41) is 15.6. The third kappa shape index (κ3) is 3.94. The number of nitrogens with zero attached hydrogens (tertiary/aromatic N) is 2. The average molecular weight is 297 g/mol. The Labute approximate surface area is 122 Å². The van der Waals surface area contributed by atoms with E-state index in [1.54, 1.807) is 20.8 Å². The van der Waals surface area contributed by atoms with Gasteiger partial charge < -0.3 is 19.9 Å². The van der Waals surface area contributed by atoms with Crippen LogP contribution in [0.1, 0.15) is 37.2 Å². The van der Waals surface area contributed by atoms with Gasteiger partial charge in [-0.3, -0.25) is 4.68 Å². The van der Waals surface area contributed by atoms with E-state index < -0.39 is 17.7 Å². The van der Waals surface area contributed by atoms with Crippen LogP contribution in [0, 0.1) is 0 Å². The molecular formula is C13H19N3O5. The molecule has 1 aromatic rings. The van der Waals surface area contributed by atoms with E-state index in [4.69, 9.17) is 14.6 Å². The van der Waals surface area contributed by atoms with Crippen LogP contribution in [0.25, 0.3) is 0 Å². The number of carbonyl (C=O) groups is 2. The van der Waals surface area contributed by atoms with Gasteiger partial charge in [-0.25, -0.2) is 9.59 Å². The minimum atomic E-state index is -1.04. The Morgan fingerprint density at radius 1 is 1.48 bits per heavy atom. The first-order chi connectivity index (χ1) is 9.76. The van der Waals surface area contributed by atoms with Crippen LogP contribution in [0.15, 0.2) is 12.4 Å². The molecule has 2 rings (SSSR count). The van der Waals surface area contributed by atoms with Crippen molar-refractivity contribution in [2.75, 3.05) is 13.2 Å². The van der Waals surface area contributed by atoms with Crippen molar-refractivity contribution in [2.45, 2.75) is 38.5 Å². The van der Waals surface area contributed by atoms with Crippen molar-refractivity contribution >= 4 is 12.1 Å². The first kappa shape index (κ1) is 15.3. The molecule has 2 N–H and O–H groups in total. The summed E-state index contributed by atoms with van der Waals surface area (Å²) in [5.74, 6) is -1.04. The van der Waals surface area contributed by atoms with Crippen molar-refractivity contribution in [1.82, 2.24) is 15.1 Å². The molecule has 1 fully saturated rings. The number of amides is 1. The van der Waals surface area contributed by atoms with Crippen molar-refractivity contribution < 1.29 is 24.2 Å². The SMILES string of the molecule is CC(C)(C)OC(=O)N[C@@H]1COC[C@@H]1n1cc(C(=O)O)cn1. The van der Waals surface area contributed by atoms with Crippen molar-refractivity contribution in [3.05, 3.63) is 18.0 Å². The van der Waals surface area contributed by atoms with Crippen LogP contribution >= 0.6 is 0 Å². The van der Waals surface area contributed by atoms with Gasteiger partial charge in [-0.15, -0.1) is 0 Å². The molecule has 0 saturated carbocycles. The van der Waals surface area contributed by atoms with Gasteiger partial charge in [-0.2, -0.15) is 5.10 Å². The third-order valence-electron chi connectivity index (χ3n) is 2.94. The molecule has 0 aliphatic carbocycles. The molecule has 1 aliphatic rings. The molecular weight excluding hydrogens is 278 g/mol. The number of carbonyl (C=O) groups excluding carboxylic acids is 1. The molecule has 8 heteroatoms. The van der Waals surface area contributed by atoms with E-state index >= 15 is 0 Å². The Bertz CT molecular complexity index is 534. The number of alkyl carbamates (subject to hydrolysis) is 1. The molecule has 0 bridgehead atoms. The van der Waals surface area contributed by atoms with Gasteiger partial charge in [0.2, 0.25) is 0 Å². The second-order valence-electron chi connectivity index (χ2n) is 5.87. The summed E-state index contributed by atoms with van der Waals surface area (Å²) in [7, 11) is 0. The summed E-state index contributed by atoms with van der Waals surface area (Å²) in [6.07, 6.45) is 2.16. The molecule has 1 amide bonds. The molecule has 8 nitrogen and oxygen atoms in total. The number of carboxylic acid groups (broad SMARTS) is 1. The lowest BCUT2D eigenvalue weighted by Gasteiger charge is -2.23. The number of aromatic nitrogens is 2. The summed E-state index contributed by atoms with van der Waals surface area (Å²) >= 11 is 0. The predicted octanol–water partition coefficient (Wildman–Crippen LogP) is 1.05. The Hall–Kier alpha value is -2.09.